The quantitative estimate of drug-likeness (QED) is 0.831. The Bertz CT molecular complexity index is 461. The maximum Gasteiger partial charge on any atom is 0.157 e. The van der Waals surface area contributed by atoms with Crippen molar-refractivity contribution in [3.8, 4) is 0 Å². The van der Waals surface area contributed by atoms with Crippen LogP contribution in [-0.4, -0.2) is 21.3 Å². The Hall–Kier alpha value is -1.42. The van der Waals surface area contributed by atoms with Gasteiger partial charge in [-0.05, 0) is 31.0 Å². The second kappa shape index (κ2) is 5.07. The van der Waals surface area contributed by atoms with Crippen LogP contribution in [0.4, 0.5) is 0 Å². The highest BCUT2D eigenvalue weighted by atomic mass is 15.3. The molecule has 2 N–H and O–H groups in total. The lowest BCUT2D eigenvalue weighted by atomic mass is 10.2. The van der Waals surface area contributed by atoms with Gasteiger partial charge in [-0.3, -0.25) is 0 Å². The third-order valence-electron chi connectivity index (χ3n) is 2.69. The minimum Gasteiger partial charge on any atom is -0.330 e. The Labute approximate surface area is 95.5 Å². The van der Waals surface area contributed by atoms with E-state index in [9.17, 15) is 0 Å². The van der Waals surface area contributed by atoms with Crippen molar-refractivity contribution in [2.45, 2.75) is 32.7 Å². The van der Waals surface area contributed by atoms with Gasteiger partial charge in [0.1, 0.15) is 0 Å². The lowest BCUT2D eigenvalue weighted by Crippen LogP contribution is -2.04. The zero-order valence-electron chi connectivity index (χ0n) is 9.69. The van der Waals surface area contributed by atoms with Crippen LogP contribution in [0.1, 0.15) is 25.3 Å². The molecule has 16 heavy (non-hydrogen) atoms. The SMILES string of the molecule is CCCCn1ncc2cc(CCN)cnc21. The van der Waals surface area contributed by atoms with E-state index in [2.05, 4.69) is 23.1 Å². The monoisotopic (exact) mass is 218 g/mol. The smallest absolute Gasteiger partial charge is 0.157 e. The van der Waals surface area contributed by atoms with Crippen LogP contribution in [0, 0.1) is 0 Å². The first-order chi connectivity index (χ1) is 7.85. The van der Waals surface area contributed by atoms with Gasteiger partial charge in [-0.2, -0.15) is 5.10 Å². The van der Waals surface area contributed by atoms with E-state index in [0.29, 0.717) is 6.54 Å². The Morgan fingerprint density at radius 3 is 3.00 bits per heavy atom. The number of nitrogens with two attached hydrogens (primary N) is 1. The summed E-state index contributed by atoms with van der Waals surface area (Å²) in [7, 11) is 0. The number of aromatic nitrogens is 3. The van der Waals surface area contributed by atoms with Gasteiger partial charge < -0.3 is 5.73 Å². The largest absolute Gasteiger partial charge is 0.330 e. The molecule has 86 valence electrons. The van der Waals surface area contributed by atoms with Crippen LogP contribution in [0.25, 0.3) is 11.0 Å². The first kappa shape index (κ1) is 11.1. The number of nitrogens with zero attached hydrogens (tertiary/aromatic N) is 3. The first-order valence-corrected chi connectivity index (χ1v) is 5.85. The molecule has 4 nitrogen and oxygen atoms in total. The molecule has 2 aromatic rings. The minimum atomic E-state index is 0.664. The number of hydrogen-bond donors (Lipinski definition) is 1. The molecule has 0 aliphatic heterocycles. The average molecular weight is 218 g/mol. The molecule has 0 aliphatic rings. The number of fused-ring (bicyclic) bond motifs is 1. The van der Waals surface area contributed by atoms with Crippen molar-refractivity contribution in [1.82, 2.24) is 14.8 Å². The van der Waals surface area contributed by atoms with Gasteiger partial charge in [0.2, 0.25) is 0 Å². The molecule has 0 aromatic carbocycles. The number of aryl methyl sites for hydroxylation is 1. The molecule has 4 heteroatoms. The Balaban J connectivity index is 2.27. The summed E-state index contributed by atoms with van der Waals surface area (Å²) in [5.41, 5.74) is 7.69. The molecule has 0 unspecified atom stereocenters. The normalized spacial score (nSPS) is 11.1. The van der Waals surface area contributed by atoms with Gasteiger partial charge in [-0.25, -0.2) is 9.67 Å². The van der Waals surface area contributed by atoms with Crippen molar-refractivity contribution < 1.29 is 0 Å². The Kier molecular flexibility index (Phi) is 3.51. The van der Waals surface area contributed by atoms with E-state index in [-0.39, 0.29) is 0 Å². The molecule has 0 amide bonds. The van der Waals surface area contributed by atoms with Crippen LogP contribution in [0.15, 0.2) is 18.5 Å². The first-order valence-electron chi connectivity index (χ1n) is 5.85. The molecule has 0 bridgehead atoms. The topological polar surface area (TPSA) is 56.7 Å². The summed E-state index contributed by atoms with van der Waals surface area (Å²) in [5, 5.41) is 5.47. The Morgan fingerprint density at radius 2 is 2.25 bits per heavy atom. The van der Waals surface area contributed by atoms with Crippen LogP contribution >= 0.6 is 0 Å². The van der Waals surface area contributed by atoms with Crippen LogP contribution in [0.3, 0.4) is 0 Å². The van der Waals surface area contributed by atoms with Crippen LogP contribution in [0.5, 0.6) is 0 Å². The van der Waals surface area contributed by atoms with E-state index < -0.39 is 0 Å². The maximum absolute atomic E-state index is 5.53. The van der Waals surface area contributed by atoms with Gasteiger partial charge in [-0.1, -0.05) is 13.3 Å². The molecule has 0 radical (unpaired) electrons. The van der Waals surface area contributed by atoms with Crippen LogP contribution < -0.4 is 5.73 Å². The zero-order valence-corrected chi connectivity index (χ0v) is 9.69. The van der Waals surface area contributed by atoms with Crippen LogP contribution in [-0.2, 0) is 13.0 Å². The fourth-order valence-electron chi connectivity index (χ4n) is 1.79. The van der Waals surface area contributed by atoms with Gasteiger partial charge in [0, 0.05) is 18.1 Å². The molecule has 0 saturated carbocycles. The highest BCUT2D eigenvalue weighted by Gasteiger charge is 2.04. The second-order valence-corrected chi connectivity index (χ2v) is 4.02. The van der Waals surface area contributed by atoms with E-state index in [1.165, 1.54) is 12.0 Å². The summed E-state index contributed by atoms with van der Waals surface area (Å²) < 4.78 is 1.98. The van der Waals surface area contributed by atoms with Crippen molar-refractivity contribution >= 4 is 11.0 Å². The molecular formula is C12H18N4. The van der Waals surface area contributed by atoms with Gasteiger partial charge in [-0.15, -0.1) is 0 Å². The highest BCUT2D eigenvalue weighted by molar-refractivity contribution is 5.74. The van der Waals surface area contributed by atoms with Crippen molar-refractivity contribution in [2.24, 2.45) is 5.73 Å². The van der Waals surface area contributed by atoms with Crippen molar-refractivity contribution in [2.75, 3.05) is 6.54 Å². The summed E-state index contributed by atoms with van der Waals surface area (Å²) in [5.74, 6) is 0. The third kappa shape index (κ3) is 2.22. The third-order valence-corrected chi connectivity index (χ3v) is 2.69. The van der Waals surface area contributed by atoms with Gasteiger partial charge in [0.05, 0.1) is 6.20 Å². The van der Waals surface area contributed by atoms with Gasteiger partial charge in [0.15, 0.2) is 5.65 Å². The molecule has 2 aromatic heterocycles. The molecule has 0 saturated heterocycles. The molecule has 0 fully saturated rings. The molecule has 2 heterocycles. The predicted octanol–water partition coefficient (Wildman–Crippen LogP) is 1.73. The summed E-state index contributed by atoms with van der Waals surface area (Å²) in [6.07, 6.45) is 6.98. The van der Waals surface area contributed by atoms with Crippen molar-refractivity contribution in [1.29, 1.82) is 0 Å². The summed E-state index contributed by atoms with van der Waals surface area (Å²) in [6.45, 7) is 3.79. The molecule has 0 spiro atoms. The standard InChI is InChI=1S/C12H18N4/c1-2-3-6-16-12-11(9-15-16)7-10(4-5-13)8-14-12/h7-9H,2-6,13H2,1H3. The second-order valence-electron chi connectivity index (χ2n) is 4.02. The van der Waals surface area contributed by atoms with Gasteiger partial charge in [0.25, 0.3) is 0 Å². The lowest BCUT2D eigenvalue weighted by molar-refractivity contribution is 0.584. The van der Waals surface area contributed by atoms with Crippen molar-refractivity contribution in [3.05, 3.63) is 24.0 Å². The molecular weight excluding hydrogens is 200 g/mol. The number of unbranched alkanes of at least 4 members (excludes halogenated alkanes) is 1. The predicted molar refractivity (Wildman–Crippen MR) is 65.2 cm³/mol. The molecule has 0 atom stereocenters. The van der Waals surface area contributed by atoms with E-state index in [1.807, 2.05) is 17.1 Å². The van der Waals surface area contributed by atoms with E-state index in [1.54, 1.807) is 0 Å². The van der Waals surface area contributed by atoms with E-state index in [0.717, 1.165) is 30.4 Å². The molecule has 2 rings (SSSR count). The lowest BCUT2D eigenvalue weighted by Gasteiger charge is -2.02. The van der Waals surface area contributed by atoms with Gasteiger partial charge >= 0.3 is 0 Å². The minimum absolute atomic E-state index is 0.664. The number of hydrogen-bond acceptors (Lipinski definition) is 3. The summed E-state index contributed by atoms with van der Waals surface area (Å²) >= 11 is 0. The fourth-order valence-corrected chi connectivity index (χ4v) is 1.79. The van der Waals surface area contributed by atoms with E-state index >= 15 is 0 Å². The molecule has 0 aliphatic carbocycles. The van der Waals surface area contributed by atoms with E-state index in [4.69, 9.17) is 5.73 Å². The highest BCUT2D eigenvalue weighted by Crippen LogP contribution is 2.13. The average Bonchev–Trinajstić information content (AvgIpc) is 2.69. The summed E-state index contributed by atoms with van der Waals surface area (Å²) in [4.78, 5) is 4.46. The zero-order chi connectivity index (χ0) is 11.4. The summed E-state index contributed by atoms with van der Waals surface area (Å²) in [6, 6.07) is 2.13. The Morgan fingerprint density at radius 1 is 1.38 bits per heavy atom. The van der Waals surface area contributed by atoms with Crippen LogP contribution in [0.2, 0.25) is 0 Å². The number of pyridine rings is 1. The maximum atomic E-state index is 5.53. The fraction of sp³-hybridized carbons (Fsp3) is 0.500. The number of rotatable bonds is 5. The van der Waals surface area contributed by atoms with Crippen molar-refractivity contribution in [3.63, 3.8) is 0 Å².